The maximum Gasteiger partial charge on any atom is 0.127 e. The smallest absolute Gasteiger partial charge is 0.127 e. The van der Waals surface area contributed by atoms with Gasteiger partial charge in [0, 0.05) is 11.6 Å². The summed E-state index contributed by atoms with van der Waals surface area (Å²) in [4.78, 5) is 0. The number of halogens is 2. The Labute approximate surface area is 94.8 Å². The number of benzene rings is 1. The van der Waals surface area contributed by atoms with Crippen molar-refractivity contribution in [1.29, 1.82) is 0 Å². The first-order valence-corrected chi connectivity index (χ1v) is 4.26. The zero-order valence-electron chi connectivity index (χ0n) is 8.70. The molecule has 1 rings (SSSR count). The normalized spacial score (nSPS) is 11.5. The van der Waals surface area contributed by atoms with Crippen molar-refractivity contribution < 1.29 is 13.9 Å². The summed E-state index contributed by atoms with van der Waals surface area (Å²) in [6, 6.07) is 4.48. The summed E-state index contributed by atoms with van der Waals surface area (Å²) in [7, 11) is 3.08. The van der Waals surface area contributed by atoms with Gasteiger partial charge in [-0.2, -0.15) is 0 Å². The Morgan fingerprint density at radius 1 is 1.33 bits per heavy atom. The largest absolute Gasteiger partial charge is 0.497 e. The maximum atomic E-state index is 12.4. The van der Waals surface area contributed by atoms with E-state index in [2.05, 4.69) is 0 Å². The SMILES string of the molecule is COc1ccc([C@@H](N)CF)c(OC)c1.Cl. The van der Waals surface area contributed by atoms with Crippen LogP contribution in [0, 0.1) is 0 Å². The van der Waals surface area contributed by atoms with Gasteiger partial charge in [-0.25, -0.2) is 4.39 Å². The van der Waals surface area contributed by atoms with Gasteiger partial charge in [-0.1, -0.05) is 0 Å². The Hall–Kier alpha value is -1.00. The fourth-order valence-corrected chi connectivity index (χ4v) is 1.21. The van der Waals surface area contributed by atoms with Gasteiger partial charge in [-0.3, -0.25) is 0 Å². The van der Waals surface area contributed by atoms with Crippen molar-refractivity contribution in [2.75, 3.05) is 20.9 Å². The van der Waals surface area contributed by atoms with E-state index >= 15 is 0 Å². The molecule has 86 valence electrons. The van der Waals surface area contributed by atoms with Crippen molar-refractivity contribution in [2.24, 2.45) is 5.73 Å². The van der Waals surface area contributed by atoms with Gasteiger partial charge in [0.2, 0.25) is 0 Å². The molecule has 0 unspecified atom stereocenters. The summed E-state index contributed by atoms with van der Waals surface area (Å²) in [6.07, 6.45) is 0. The van der Waals surface area contributed by atoms with E-state index in [9.17, 15) is 4.39 Å². The van der Waals surface area contributed by atoms with E-state index in [-0.39, 0.29) is 12.4 Å². The van der Waals surface area contributed by atoms with Gasteiger partial charge in [0.15, 0.2) is 0 Å². The molecular weight excluding hydrogens is 221 g/mol. The lowest BCUT2D eigenvalue weighted by molar-refractivity contribution is 0.378. The van der Waals surface area contributed by atoms with Gasteiger partial charge >= 0.3 is 0 Å². The number of alkyl halides is 1. The quantitative estimate of drug-likeness (QED) is 0.869. The molecule has 0 amide bonds. The first-order valence-electron chi connectivity index (χ1n) is 4.26. The summed E-state index contributed by atoms with van der Waals surface area (Å²) in [5.41, 5.74) is 6.22. The predicted octanol–water partition coefficient (Wildman–Crippen LogP) is 2.09. The monoisotopic (exact) mass is 235 g/mol. The van der Waals surface area contributed by atoms with E-state index in [1.165, 1.54) is 7.11 Å². The minimum atomic E-state index is -0.643. The van der Waals surface area contributed by atoms with Gasteiger partial charge in [0.1, 0.15) is 18.2 Å². The highest BCUT2D eigenvalue weighted by Crippen LogP contribution is 2.28. The van der Waals surface area contributed by atoms with E-state index in [1.807, 2.05) is 0 Å². The Morgan fingerprint density at radius 3 is 2.47 bits per heavy atom. The molecule has 15 heavy (non-hydrogen) atoms. The molecule has 0 saturated carbocycles. The molecule has 1 atom stereocenters. The molecule has 0 aliphatic rings. The minimum absolute atomic E-state index is 0. The highest BCUT2D eigenvalue weighted by molar-refractivity contribution is 5.85. The third-order valence-corrected chi connectivity index (χ3v) is 2.01. The second kappa shape index (κ2) is 6.48. The molecule has 0 aliphatic carbocycles. The van der Waals surface area contributed by atoms with Crippen molar-refractivity contribution in [2.45, 2.75) is 6.04 Å². The summed E-state index contributed by atoms with van der Waals surface area (Å²) in [5, 5.41) is 0. The zero-order valence-corrected chi connectivity index (χ0v) is 9.51. The lowest BCUT2D eigenvalue weighted by atomic mass is 10.1. The van der Waals surface area contributed by atoms with E-state index in [0.29, 0.717) is 17.1 Å². The molecule has 0 aromatic heterocycles. The number of hydrogen-bond acceptors (Lipinski definition) is 3. The molecule has 0 heterocycles. The highest BCUT2D eigenvalue weighted by atomic mass is 35.5. The van der Waals surface area contributed by atoms with E-state index in [0.717, 1.165) is 0 Å². The van der Waals surface area contributed by atoms with Crippen LogP contribution in [0.2, 0.25) is 0 Å². The Morgan fingerprint density at radius 2 is 2.00 bits per heavy atom. The number of rotatable bonds is 4. The van der Waals surface area contributed by atoms with Crippen LogP contribution in [0.25, 0.3) is 0 Å². The summed E-state index contributed by atoms with van der Waals surface area (Å²) in [5.74, 6) is 1.21. The van der Waals surface area contributed by atoms with Gasteiger partial charge < -0.3 is 15.2 Å². The maximum absolute atomic E-state index is 12.4. The average Bonchev–Trinajstić information content (AvgIpc) is 2.27. The van der Waals surface area contributed by atoms with Gasteiger partial charge in [0.25, 0.3) is 0 Å². The van der Waals surface area contributed by atoms with Gasteiger partial charge in [-0.05, 0) is 12.1 Å². The summed E-state index contributed by atoms with van der Waals surface area (Å²) < 4.78 is 22.5. The van der Waals surface area contributed by atoms with Crippen LogP contribution in [0.3, 0.4) is 0 Å². The summed E-state index contributed by atoms with van der Waals surface area (Å²) in [6.45, 7) is -0.608. The Balaban J connectivity index is 0.00000196. The molecule has 0 spiro atoms. The molecule has 5 heteroatoms. The molecule has 0 radical (unpaired) electrons. The lowest BCUT2D eigenvalue weighted by Crippen LogP contribution is -2.13. The average molecular weight is 236 g/mol. The van der Waals surface area contributed by atoms with Crippen molar-refractivity contribution in [1.82, 2.24) is 0 Å². The van der Waals surface area contributed by atoms with Crippen LogP contribution in [-0.2, 0) is 0 Å². The molecule has 0 bridgehead atoms. The third kappa shape index (κ3) is 3.25. The second-order valence-corrected chi connectivity index (χ2v) is 2.87. The van der Waals surface area contributed by atoms with E-state index in [1.54, 1.807) is 25.3 Å². The standard InChI is InChI=1S/C10H14FNO2.ClH/c1-13-7-3-4-8(9(12)6-11)10(5-7)14-2;/h3-5,9H,6,12H2,1-2H3;1H/t9-;/m0./s1. The highest BCUT2D eigenvalue weighted by Gasteiger charge is 2.12. The Kier molecular flexibility index (Phi) is 6.05. The molecular formula is C10H15ClFNO2. The second-order valence-electron chi connectivity index (χ2n) is 2.87. The first-order chi connectivity index (χ1) is 6.72. The topological polar surface area (TPSA) is 44.5 Å². The Bertz CT molecular complexity index is 309. The van der Waals surface area contributed by atoms with Crippen LogP contribution in [0.1, 0.15) is 11.6 Å². The van der Waals surface area contributed by atoms with Crippen molar-refractivity contribution in [3.8, 4) is 11.5 Å². The van der Waals surface area contributed by atoms with Crippen LogP contribution < -0.4 is 15.2 Å². The van der Waals surface area contributed by atoms with Crippen LogP contribution in [0.15, 0.2) is 18.2 Å². The van der Waals surface area contributed by atoms with Crippen molar-refractivity contribution >= 4 is 12.4 Å². The summed E-state index contributed by atoms with van der Waals surface area (Å²) >= 11 is 0. The zero-order chi connectivity index (χ0) is 10.6. The molecule has 2 N–H and O–H groups in total. The fourth-order valence-electron chi connectivity index (χ4n) is 1.21. The molecule has 0 fully saturated rings. The molecule has 1 aromatic carbocycles. The van der Waals surface area contributed by atoms with Crippen LogP contribution in [0.5, 0.6) is 11.5 Å². The number of ether oxygens (including phenoxy) is 2. The third-order valence-electron chi connectivity index (χ3n) is 2.01. The van der Waals surface area contributed by atoms with Gasteiger partial charge in [0.05, 0.1) is 20.3 Å². The molecule has 0 aliphatic heterocycles. The van der Waals surface area contributed by atoms with E-state index in [4.69, 9.17) is 15.2 Å². The molecule has 3 nitrogen and oxygen atoms in total. The number of methoxy groups -OCH3 is 2. The lowest BCUT2D eigenvalue weighted by Gasteiger charge is -2.13. The minimum Gasteiger partial charge on any atom is -0.497 e. The van der Waals surface area contributed by atoms with Crippen LogP contribution in [0.4, 0.5) is 4.39 Å². The number of hydrogen-bond donors (Lipinski definition) is 1. The van der Waals surface area contributed by atoms with Gasteiger partial charge in [-0.15, -0.1) is 12.4 Å². The van der Waals surface area contributed by atoms with Crippen LogP contribution in [-0.4, -0.2) is 20.9 Å². The first kappa shape index (κ1) is 14.0. The van der Waals surface area contributed by atoms with E-state index < -0.39 is 12.7 Å². The molecule has 0 saturated heterocycles. The van der Waals surface area contributed by atoms with Crippen molar-refractivity contribution in [3.05, 3.63) is 23.8 Å². The van der Waals surface area contributed by atoms with Crippen molar-refractivity contribution in [3.63, 3.8) is 0 Å². The fraction of sp³-hybridized carbons (Fsp3) is 0.400. The number of nitrogens with two attached hydrogens (primary N) is 1. The predicted molar refractivity (Wildman–Crippen MR) is 59.7 cm³/mol. The molecule has 1 aromatic rings. The van der Waals surface area contributed by atoms with Crippen LogP contribution >= 0.6 is 12.4 Å².